The molecule has 2 aromatic rings. The molecule has 1 saturated carbocycles. The lowest BCUT2D eigenvalue weighted by atomic mass is 10.1. The van der Waals surface area contributed by atoms with Gasteiger partial charge in [-0.1, -0.05) is 43.2 Å². The number of aromatic nitrogens is 2. The molecule has 1 aromatic carbocycles. The lowest BCUT2D eigenvalue weighted by molar-refractivity contribution is 0.515. The second-order valence-corrected chi connectivity index (χ2v) is 5.90. The summed E-state index contributed by atoms with van der Waals surface area (Å²) in [5, 5.41) is 8.01. The molecule has 3 rings (SSSR count). The van der Waals surface area contributed by atoms with E-state index in [0.717, 1.165) is 16.8 Å². The highest BCUT2D eigenvalue weighted by atomic mass is 16.1. The van der Waals surface area contributed by atoms with Crippen molar-refractivity contribution < 1.29 is 0 Å². The molecule has 22 heavy (non-hydrogen) atoms. The van der Waals surface area contributed by atoms with Crippen LogP contribution in [0.5, 0.6) is 0 Å². The zero-order valence-electron chi connectivity index (χ0n) is 13.1. The van der Waals surface area contributed by atoms with Crippen LogP contribution in [0.15, 0.2) is 41.2 Å². The number of hydrogen-bond acceptors (Lipinski definition) is 3. The van der Waals surface area contributed by atoms with Gasteiger partial charge in [0.1, 0.15) is 0 Å². The van der Waals surface area contributed by atoms with Gasteiger partial charge in [0.05, 0.1) is 5.69 Å². The number of aryl methyl sites for hydroxylation is 1. The average molecular weight is 297 g/mol. The van der Waals surface area contributed by atoms with Gasteiger partial charge in [0.25, 0.3) is 5.56 Å². The molecule has 0 amide bonds. The molecule has 1 aliphatic carbocycles. The highest BCUT2D eigenvalue weighted by Gasteiger charge is 2.15. The van der Waals surface area contributed by atoms with E-state index in [4.69, 9.17) is 0 Å². The molecule has 0 saturated heterocycles. The molecule has 0 unspecified atom stereocenters. The molecule has 1 fully saturated rings. The van der Waals surface area contributed by atoms with E-state index in [9.17, 15) is 4.79 Å². The second-order valence-electron chi connectivity index (χ2n) is 5.90. The summed E-state index contributed by atoms with van der Waals surface area (Å²) in [5.41, 5.74) is 2.74. The van der Waals surface area contributed by atoms with Crippen LogP contribution in [0.2, 0.25) is 0 Å². The van der Waals surface area contributed by atoms with Crippen LogP contribution in [0.4, 0.5) is 0 Å². The smallest absolute Gasteiger partial charge is 0.271 e. The van der Waals surface area contributed by atoms with Crippen molar-refractivity contribution >= 4 is 0 Å². The first-order valence-electron chi connectivity index (χ1n) is 8.17. The highest BCUT2D eigenvalue weighted by molar-refractivity contribution is 5.58. The first-order valence-corrected chi connectivity index (χ1v) is 8.17. The van der Waals surface area contributed by atoms with E-state index >= 15 is 0 Å². The summed E-state index contributed by atoms with van der Waals surface area (Å²) in [4.78, 5) is 12.4. The maximum absolute atomic E-state index is 12.4. The fourth-order valence-corrected chi connectivity index (χ4v) is 3.07. The predicted octanol–water partition coefficient (Wildman–Crippen LogP) is 2.96. The first kappa shape index (κ1) is 15.0. The maximum atomic E-state index is 12.4. The molecule has 0 spiro atoms. The third kappa shape index (κ3) is 3.28. The number of benzene rings is 1. The van der Waals surface area contributed by atoms with Gasteiger partial charge in [-0.3, -0.25) is 4.79 Å². The Kier molecular flexibility index (Phi) is 4.68. The van der Waals surface area contributed by atoms with Gasteiger partial charge in [-0.25, -0.2) is 4.68 Å². The van der Waals surface area contributed by atoms with Gasteiger partial charge >= 0.3 is 0 Å². The molecule has 116 valence electrons. The van der Waals surface area contributed by atoms with Gasteiger partial charge in [0.2, 0.25) is 0 Å². The van der Waals surface area contributed by atoms with E-state index in [1.807, 2.05) is 43.3 Å². The second kappa shape index (κ2) is 6.88. The Morgan fingerprint density at radius 2 is 1.95 bits per heavy atom. The Morgan fingerprint density at radius 1 is 1.23 bits per heavy atom. The van der Waals surface area contributed by atoms with Crippen LogP contribution >= 0.6 is 0 Å². The lowest BCUT2D eigenvalue weighted by Crippen LogP contribution is -2.32. The third-order valence-electron chi connectivity index (χ3n) is 4.35. The van der Waals surface area contributed by atoms with Gasteiger partial charge in [-0.15, -0.1) is 0 Å². The summed E-state index contributed by atoms with van der Waals surface area (Å²) < 4.78 is 1.56. The highest BCUT2D eigenvalue weighted by Crippen LogP contribution is 2.19. The van der Waals surface area contributed by atoms with Crippen molar-refractivity contribution in [2.45, 2.75) is 51.7 Å². The SMILES string of the molecule is CCn1nc(-c2ccccc2)cc(CNC2CCCC2)c1=O. The standard InChI is InChI=1S/C18H23N3O/c1-2-21-18(22)15(13-19-16-10-6-7-11-16)12-17(20-21)14-8-4-3-5-9-14/h3-5,8-9,12,16,19H,2,6-7,10-11,13H2,1H3. The quantitative estimate of drug-likeness (QED) is 0.923. The molecular weight excluding hydrogens is 274 g/mol. The van der Waals surface area contributed by atoms with Crippen molar-refractivity contribution in [3.63, 3.8) is 0 Å². The van der Waals surface area contributed by atoms with Gasteiger partial charge in [0.15, 0.2) is 0 Å². The van der Waals surface area contributed by atoms with E-state index < -0.39 is 0 Å². The van der Waals surface area contributed by atoms with E-state index in [0.29, 0.717) is 19.1 Å². The largest absolute Gasteiger partial charge is 0.310 e. The molecule has 1 N–H and O–H groups in total. The van der Waals surface area contributed by atoms with Gasteiger partial charge in [0, 0.05) is 30.3 Å². The van der Waals surface area contributed by atoms with Crippen LogP contribution in [-0.2, 0) is 13.1 Å². The molecule has 0 bridgehead atoms. The number of hydrogen-bond donors (Lipinski definition) is 1. The number of nitrogens with zero attached hydrogens (tertiary/aromatic N) is 2. The topological polar surface area (TPSA) is 46.9 Å². The minimum absolute atomic E-state index is 0.0210. The Morgan fingerprint density at radius 3 is 2.64 bits per heavy atom. The molecule has 1 heterocycles. The molecule has 1 aliphatic rings. The first-order chi connectivity index (χ1) is 10.8. The fourth-order valence-electron chi connectivity index (χ4n) is 3.07. The monoisotopic (exact) mass is 297 g/mol. The molecule has 0 aliphatic heterocycles. The van der Waals surface area contributed by atoms with Crippen molar-refractivity contribution in [1.29, 1.82) is 0 Å². The van der Waals surface area contributed by atoms with Crippen LogP contribution in [0.25, 0.3) is 11.3 Å². The summed E-state index contributed by atoms with van der Waals surface area (Å²) in [6.45, 7) is 3.18. The van der Waals surface area contributed by atoms with Crippen molar-refractivity contribution in [3.8, 4) is 11.3 Å². The van der Waals surface area contributed by atoms with Gasteiger partial charge in [-0.2, -0.15) is 5.10 Å². The zero-order valence-corrected chi connectivity index (χ0v) is 13.1. The lowest BCUT2D eigenvalue weighted by Gasteiger charge is -2.13. The van der Waals surface area contributed by atoms with Crippen LogP contribution in [0, 0.1) is 0 Å². The van der Waals surface area contributed by atoms with Gasteiger partial charge < -0.3 is 5.32 Å². The van der Waals surface area contributed by atoms with Gasteiger partial charge in [-0.05, 0) is 25.8 Å². The molecule has 1 aromatic heterocycles. The van der Waals surface area contributed by atoms with E-state index in [1.165, 1.54) is 25.7 Å². The third-order valence-corrected chi connectivity index (χ3v) is 4.35. The minimum atomic E-state index is 0.0210. The Hall–Kier alpha value is -1.94. The summed E-state index contributed by atoms with van der Waals surface area (Å²) in [6, 6.07) is 12.5. The van der Waals surface area contributed by atoms with Crippen LogP contribution < -0.4 is 10.9 Å². The van der Waals surface area contributed by atoms with Crippen molar-refractivity contribution in [2.24, 2.45) is 0 Å². The normalized spacial score (nSPS) is 15.3. The molecule has 4 heteroatoms. The van der Waals surface area contributed by atoms with Crippen LogP contribution in [-0.4, -0.2) is 15.8 Å². The Balaban J connectivity index is 1.89. The molecule has 0 atom stereocenters. The number of nitrogens with one attached hydrogen (secondary N) is 1. The van der Waals surface area contributed by atoms with Crippen molar-refractivity contribution in [2.75, 3.05) is 0 Å². The van der Waals surface area contributed by atoms with E-state index in [-0.39, 0.29) is 5.56 Å². The van der Waals surface area contributed by atoms with Crippen molar-refractivity contribution in [3.05, 3.63) is 52.3 Å². The summed E-state index contributed by atoms with van der Waals surface area (Å²) >= 11 is 0. The predicted molar refractivity (Wildman–Crippen MR) is 88.7 cm³/mol. The fraction of sp³-hybridized carbons (Fsp3) is 0.444. The zero-order chi connectivity index (χ0) is 15.4. The van der Waals surface area contributed by atoms with Crippen LogP contribution in [0.1, 0.15) is 38.2 Å². The summed E-state index contributed by atoms with van der Waals surface area (Å²) in [6.07, 6.45) is 5.03. The van der Waals surface area contributed by atoms with Crippen molar-refractivity contribution in [1.82, 2.24) is 15.1 Å². The summed E-state index contributed by atoms with van der Waals surface area (Å²) in [7, 11) is 0. The molecular formula is C18H23N3O. The van der Waals surface area contributed by atoms with Crippen LogP contribution in [0.3, 0.4) is 0 Å². The van der Waals surface area contributed by atoms with E-state index in [2.05, 4.69) is 10.4 Å². The average Bonchev–Trinajstić information content (AvgIpc) is 3.08. The van der Waals surface area contributed by atoms with E-state index in [1.54, 1.807) is 4.68 Å². The molecule has 0 radical (unpaired) electrons. The maximum Gasteiger partial charge on any atom is 0.271 e. The summed E-state index contributed by atoms with van der Waals surface area (Å²) in [5.74, 6) is 0. The Labute approximate surface area is 131 Å². The Bertz CT molecular complexity index is 672. The number of rotatable bonds is 5. The molecule has 4 nitrogen and oxygen atoms in total. The minimum Gasteiger partial charge on any atom is -0.310 e.